The van der Waals surface area contributed by atoms with Gasteiger partial charge in [-0.3, -0.25) is 4.79 Å². The average Bonchev–Trinajstić information content (AvgIpc) is 2.41. The number of nitrogens with one attached hydrogen (secondary N) is 1. The number of halogens is 2. The van der Waals surface area contributed by atoms with E-state index < -0.39 is 0 Å². The molecule has 0 aliphatic heterocycles. The van der Waals surface area contributed by atoms with E-state index >= 15 is 0 Å². The minimum absolute atomic E-state index is 0.219. The SMILES string of the molecule is CCCc1cc(C(=O)Nc2ccc(Br)nc2C)cc(Cl)n1. The molecule has 4 nitrogen and oxygen atoms in total. The molecule has 2 aromatic heterocycles. The molecule has 0 unspecified atom stereocenters. The third-order valence-corrected chi connectivity index (χ3v) is 3.55. The molecule has 2 rings (SSSR count). The lowest BCUT2D eigenvalue weighted by Gasteiger charge is -2.09. The Bertz CT molecular complexity index is 676. The van der Waals surface area contributed by atoms with Crippen molar-refractivity contribution in [2.45, 2.75) is 26.7 Å². The molecule has 0 saturated carbocycles. The number of aromatic nitrogens is 2. The molecule has 0 saturated heterocycles. The van der Waals surface area contributed by atoms with E-state index in [1.54, 1.807) is 24.3 Å². The van der Waals surface area contributed by atoms with Crippen molar-refractivity contribution in [3.8, 4) is 0 Å². The van der Waals surface area contributed by atoms with Crippen LogP contribution in [0.5, 0.6) is 0 Å². The minimum atomic E-state index is -0.219. The highest BCUT2D eigenvalue weighted by molar-refractivity contribution is 9.10. The van der Waals surface area contributed by atoms with Crippen molar-refractivity contribution in [2.24, 2.45) is 0 Å². The summed E-state index contributed by atoms with van der Waals surface area (Å²) in [6.07, 6.45) is 1.74. The standard InChI is InChI=1S/C15H15BrClN3O/c1-3-4-11-7-10(8-14(17)19-11)15(21)20-12-5-6-13(16)18-9(12)2/h5-8H,3-4H2,1-2H3,(H,20,21). The van der Waals surface area contributed by atoms with Gasteiger partial charge in [0.05, 0.1) is 11.4 Å². The molecule has 0 atom stereocenters. The molecule has 0 aromatic carbocycles. The lowest BCUT2D eigenvalue weighted by Crippen LogP contribution is -2.14. The third-order valence-electron chi connectivity index (χ3n) is 2.92. The van der Waals surface area contributed by atoms with E-state index in [-0.39, 0.29) is 5.91 Å². The van der Waals surface area contributed by atoms with Crippen LogP contribution in [-0.2, 0) is 6.42 Å². The number of carbonyl (C=O) groups excluding carboxylic acids is 1. The molecule has 2 aromatic rings. The highest BCUT2D eigenvalue weighted by atomic mass is 79.9. The van der Waals surface area contributed by atoms with E-state index in [9.17, 15) is 4.79 Å². The summed E-state index contributed by atoms with van der Waals surface area (Å²) in [5.41, 5.74) is 2.74. The number of aryl methyl sites for hydroxylation is 2. The van der Waals surface area contributed by atoms with Crippen molar-refractivity contribution in [3.05, 3.63) is 51.0 Å². The zero-order chi connectivity index (χ0) is 15.4. The second-order valence-electron chi connectivity index (χ2n) is 4.64. The van der Waals surface area contributed by atoms with Gasteiger partial charge in [0.2, 0.25) is 0 Å². The smallest absolute Gasteiger partial charge is 0.255 e. The van der Waals surface area contributed by atoms with Crippen molar-refractivity contribution in [1.82, 2.24) is 9.97 Å². The van der Waals surface area contributed by atoms with Crippen molar-refractivity contribution in [1.29, 1.82) is 0 Å². The van der Waals surface area contributed by atoms with Gasteiger partial charge < -0.3 is 5.32 Å². The van der Waals surface area contributed by atoms with Crippen LogP contribution < -0.4 is 5.32 Å². The number of hydrogen-bond acceptors (Lipinski definition) is 3. The summed E-state index contributed by atoms with van der Waals surface area (Å²) in [4.78, 5) is 20.8. The fraction of sp³-hybridized carbons (Fsp3) is 0.267. The number of pyridine rings is 2. The highest BCUT2D eigenvalue weighted by Crippen LogP contribution is 2.18. The van der Waals surface area contributed by atoms with Crippen molar-refractivity contribution in [3.63, 3.8) is 0 Å². The predicted molar refractivity (Wildman–Crippen MR) is 87.9 cm³/mol. The summed E-state index contributed by atoms with van der Waals surface area (Å²) in [5, 5.41) is 3.17. The quantitative estimate of drug-likeness (QED) is 0.813. The summed E-state index contributed by atoms with van der Waals surface area (Å²) in [5.74, 6) is -0.219. The molecule has 2 heterocycles. The molecule has 1 N–H and O–H groups in total. The van der Waals surface area contributed by atoms with Crippen LogP contribution in [0.15, 0.2) is 28.9 Å². The highest BCUT2D eigenvalue weighted by Gasteiger charge is 2.11. The van der Waals surface area contributed by atoms with Crippen LogP contribution in [-0.4, -0.2) is 15.9 Å². The molecule has 110 valence electrons. The summed E-state index contributed by atoms with van der Waals surface area (Å²) in [6, 6.07) is 6.93. The van der Waals surface area contributed by atoms with Gasteiger partial charge in [-0.1, -0.05) is 24.9 Å². The first-order valence-corrected chi connectivity index (χ1v) is 7.77. The first-order valence-electron chi connectivity index (χ1n) is 6.60. The maximum Gasteiger partial charge on any atom is 0.255 e. The van der Waals surface area contributed by atoms with Gasteiger partial charge in [-0.05, 0) is 53.5 Å². The van der Waals surface area contributed by atoms with Crippen LogP contribution in [0.2, 0.25) is 5.15 Å². The number of nitrogens with zero attached hydrogens (tertiary/aromatic N) is 2. The molecule has 0 aliphatic carbocycles. The fourth-order valence-electron chi connectivity index (χ4n) is 1.92. The van der Waals surface area contributed by atoms with Crippen LogP contribution in [0.3, 0.4) is 0 Å². The first kappa shape index (κ1) is 15.9. The Morgan fingerprint density at radius 1 is 1.33 bits per heavy atom. The topological polar surface area (TPSA) is 54.9 Å². The summed E-state index contributed by atoms with van der Waals surface area (Å²) < 4.78 is 0.732. The molecule has 0 aliphatic rings. The number of hydrogen-bond donors (Lipinski definition) is 1. The number of anilines is 1. The van der Waals surface area contributed by atoms with Crippen LogP contribution in [0.4, 0.5) is 5.69 Å². The van der Waals surface area contributed by atoms with Crippen molar-refractivity contribution >= 4 is 39.1 Å². The molecular formula is C15H15BrClN3O. The van der Waals surface area contributed by atoms with Crippen LogP contribution >= 0.6 is 27.5 Å². The Kier molecular flexibility index (Phi) is 5.31. The largest absolute Gasteiger partial charge is 0.320 e. The maximum atomic E-state index is 12.3. The molecule has 6 heteroatoms. The molecule has 21 heavy (non-hydrogen) atoms. The van der Waals surface area contributed by atoms with E-state index in [4.69, 9.17) is 11.6 Å². The number of amides is 1. The third kappa shape index (κ3) is 4.25. The average molecular weight is 369 g/mol. The Balaban J connectivity index is 2.23. The zero-order valence-corrected chi connectivity index (χ0v) is 14.1. The van der Waals surface area contributed by atoms with Gasteiger partial charge >= 0.3 is 0 Å². The number of rotatable bonds is 4. The normalized spacial score (nSPS) is 10.5. The molecule has 0 radical (unpaired) electrons. The predicted octanol–water partition coefficient (Wildman–Crippen LogP) is 4.41. The zero-order valence-electron chi connectivity index (χ0n) is 11.8. The van der Waals surface area contributed by atoms with Gasteiger partial charge in [0, 0.05) is 11.3 Å². The molecule has 0 spiro atoms. The van der Waals surface area contributed by atoms with Crippen LogP contribution in [0.25, 0.3) is 0 Å². The van der Waals surface area contributed by atoms with Crippen molar-refractivity contribution < 1.29 is 4.79 Å². The molecular weight excluding hydrogens is 354 g/mol. The Labute approximate surface area is 137 Å². The van der Waals surface area contributed by atoms with Gasteiger partial charge in [0.15, 0.2) is 0 Å². The first-order chi connectivity index (χ1) is 9.99. The molecule has 1 amide bonds. The second-order valence-corrected chi connectivity index (χ2v) is 5.84. The summed E-state index contributed by atoms with van der Waals surface area (Å²) in [7, 11) is 0. The van der Waals surface area contributed by atoms with Gasteiger partial charge in [-0.2, -0.15) is 0 Å². The Morgan fingerprint density at radius 3 is 2.76 bits per heavy atom. The van der Waals surface area contributed by atoms with Gasteiger partial charge in [0.25, 0.3) is 5.91 Å². The van der Waals surface area contributed by atoms with E-state index in [1.807, 2.05) is 6.92 Å². The Morgan fingerprint density at radius 2 is 2.10 bits per heavy atom. The van der Waals surface area contributed by atoms with Crippen LogP contribution in [0.1, 0.15) is 35.1 Å². The minimum Gasteiger partial charge on any atom is -0.320 e. The van der Waals surface area contributed by atoms with Gasteiger partial charge in [0.1, 0.15) is 9.76 Å². The van der Waals surface area contributed by atoms with Gasteiger partial charge in [-0.15, -0.1) is 0 Å². The maximum absolute atomic E-state index is 12.3. The van der Waals surface area contributed by atoms with E-state index in [1.165, 1.54) is 0 Å². The summed E-state index contributed by atoms with van der Waals surface area (Å²) in [6.45, 7) is 3.89. The van der Waals surface area contributed by atoms with Gasteiger partial charge in [-0.25, -0.2) is 9.97 Å². The molecule has 0 fully saturated rings. The fourth-order valence-corrected chi connectivity index (χ4v) is 2.55. The van der Waals surface area contributed by atoms with Crippen molar-refractivity contribution in [2.75, 3.05) is 5.32 Å². The lowest BCUT2D eigenvalue weighted by atomic mass is 10.1. The monoisotopic (exact) mass is 367 g/mol. The van der Waals surface area contributed by atoms with E-state index in [2.05, 4.69) is 38.1 Å². The second kappa shape index (κ2) is 7.00. The Hall–Kier alpha value is -1.46. The number of carbonyl (C=O) groups is 1. The van der Waals surface area contributed by atoms with E-state index in [0.29, 0.717) is 16.4 Å². The molecule has 0 bridgehead atoms. The summed E-state index contributed by atoms with van der Waals surface area (Å²) >= 11 is 9.27. The van der Waals surface area contributed by atoms with Crippen LogP contribution in [0, 0.1) is 6.92 Å². The lowest BCUT2D eigenvalue weighted by molar-refractivity contribution is 0.102. The van der Waals surface area contributed by atoms with E-state index in [0.717, 1.165) is 28.8 Å².